The highest BCUT2D eigenvalue weighted by atomic mass is 16.3. The second-order valence-electron chi connectivity index (χ2n) is 6.86. The second-order valence-corrected chi connectivity index (χ2v) is 6.86. The molecule has 2 N–H and O–H groups in total. The smallest absolute Gasteiger partial charge is 0.115 e. The molecule has 1 aliphatic heterocycles. The summed E-state index contributed by atoms with van der Waals surface area (Å²) in [7, 11) is 0. The fourth-order valence-corrected chi connectivity index (χ4v) is 3.69. The van der Waals surface area contributed by atoms with Crippen LogP contribution in [0.4, 0.5) is 0 Å². The monoisotopic (exact) mass is 272 g/mol. The average Bonchev–Trinajstić information content (AvgIpc) is 3.30. The molecule has 3 fully saturated rings. The molecule has 3 heteroatoms. The molecular formula is C17H24N2O. The lowest BCUT2D eigenvalue weighted by molar-refractivity contribution is 0.100. The Kier molecular flexibility index (Phi) is 3.20. The molecule has 1 aromatic carbocycles. The molecule has 20 heavy (non-hydrogen) atoms. The molecule has 4 rings (SSSR count). The number of phenols is 1. The van der Waals surface area contributed by atoms with Crippen LogP contribution in [0.1, 0.15) is 31.2 Å². The standard InChI is InChI=1S/C17H24N2O/c20-15-3-1-2-12(8-15)10-19-11-16(13-4-5-13)18-9-17(19)14-6-7-14/h1-3,8,13-14,16-18,20H,4-7,9-11H2. The Morgan fingerprint density at radius 3 is 2.65 bits per heavy atom. The maximum Gasteiger partial charge on any atom is 0.115 e. The first-order valence-electron chi connectivity index (χ1n) is 8.05. The Bertz CT molecular complexity index is 482. The van der Waals surface area contributed by atoms with Gasteiger partial charge in [0.1, 0.15) is 5.75 Å². The summed E-state index contributed by atoms with van der Waals surface area (Å²) in [6.07, 6.45) is 5.62. The van der Waals surface area contributed by atoms with E-state index in [1.54, 1.807) is 6.07 Å². The number of rotatable bonds is 4. The van der Waals surface area contributed by atoms with Crippen molar-refractivity contribution in [2.24, 2.45) is 11.8 Å². The van der Waals surface area contributed by atoms with Crippen LogP contribution in [0.25, 0.3) is 0 Å². The van der Waals surface area contributed by atoms with Gasteiger partial charge in [-0.1, -0.05) is 12.1 Å². The Morgan fingerprint density at radius 2 is 1.95 bits per heavy atom. The van der Waals surface area contributed by atoms with Crippen LogP contribution < -0.4 is 5.32 Å². The highest BCUT2D eigenvalue weighted by Crippen LogP contribution is 2.40. The van der Waals surface area contributed by atoms with Crippen molar-refractivity contribution in [3.05, 3.63) is 29.8 Å². The van der Waals surface area contributed by atoms with Crippen molar-refractivity contribution in [3.63, 3.8) is 0 Å². The van der Waals surface area contributed by atoms with Gasteiger partial charge in [0.05, 0.1) is 0 Å². The highest BCUT2D eigenvalue weighted by Gasteiger charge is 2.42. The summed E-state index contributed by atoms with van der Waals surface area (Å²) in [5, 5.41) is 13.4. The van der Waals surface area contributed by atoms with Crippen molar-refractivity contribution in [2.45, 2.75) is 44.3 Å². The zero-order valence-corrected chi connectivity index (χ0v) is 12.0. The molecule has 0 bridgehead atoms. The van der Waals surface area contributed by atoms with Crippen LogP contribution in [0.2, 0.25) is 0 Å². The molecule has 2 unspecified atom stereocenters. The first kappa shape index (κ1) is 12.7. The molecule has 0 spiro atoms. The Balaban J connectivity index is 1.48. The van der Waals surface area contributed by atoms with Gasteiger partial charge in [-0.2, -0.15) is 0 Å². The summed E-state index contributed by atoms with van der Waals surface area (Å²) >= 11 is 0. The van der Waals surface area contributed by atoms with Crippen molar-refractivity contribution in [2.75, 3.05) is 13.1 Å². The number of phenolic OH excluding ortho intramolecular Hbond substituents is 1. The fraction of sp³-hybridized carbons (Fsp3) is 0.647. The molecule has 0 aromatic heterocycles. The van der Waals surface area contributed by atoms with E-state index in [4.69, 9.17) is 0 Å². The Labute approximate surface area is 121 Å². The van der Waals surface area contributed by atoms with Crippen molar-refractivity contribution in [1.82, 2.24) is 10.2 Å². The van der Waals surface area contributed by atoms with Crippen LogP contribution in [0, 0.1) is 11.8 Å². The third-order valence-electron chi connectivity index (χ3n) is 5.14. The van der Waals surface area contributed by atoms with Crippen LogP contribution in [-0.4, -0.2) is 35.2 Å². The normalized spacial score (nSPS) is 31.4. The second kappa shape index (κ2) is 5.05. The minimum Gasteiger partial charge on any atom is -0.508 e. The van der Waals surface area contributed by atoms with E-state index in [2.05, 4.69) is 16.3 Å². The number of nitrogens with one attached hydrogen (secondary N) is 1. The van der Waals surface area contributed by atoms with Crippen molar-refractivity contribution in [3.8, 4) is 5.75 Å². The predicted molar refractivity (Wildman–Crippen MR) is 79.5 cm³/mol. The number of aromatic hydroxyl groups is 1. The number of benzene rings is 1. The maximum absolute atomic E-state index is 9.65. The summed E-state index contributed by atoms with van der Waals surface area (Å²) in [5.41, 5.74) is 1.24. The van der Waals surface area contributed by atoms with Crippen LogP contribution in [0.5, 0.6) is 5.75 Å². The van der Waals surface area contributed by atoms with E-state index in [1.165, 1.54) is 37.8 Å². The largest absolute Gasteiger partial charge is 0.508 e. The van der Waals surface area contributed by atoms with E-state index in [0.29, 0.717) is 17.8 Å². The molecule has 0 amide bonds. The van der Waals surface area contributed by atoms with Crippen LogP contribution in [0.3, 0.4) is 0 Å². The van der Waals surface area contributed by atoms with Gasteiger partial charge in [0.15, 0.2) is 0 Å². The molecule has 2 saturated carbocycles. The molecule has 3 nitrogen and oxygen atoms in total. The van der Waals surface area contributed by atoms with Gasteiger partial charge in [-0.05, 0) is 55.2 Å². The summed E-state index contributed by atoms with van der Waals surface area (Å²) in [6, 6.07) is 9.16. The van der Waals surface area contributed by atoms with E-state index in [1.807, 2.05) is 12.1 Å². The third-order valence-corrected chi connectivity index (χ3v) is 5.14. The Morgan fingerprint density at radius 1 is 1.15 bits per heavy atom. The average molecular weight is 272 g/mol. The van der Waals surface area contributed by atoms with E-state index >= 15 is 0 Å². The fourth-order valence-electron chi connectivity index (χ4n) is 3.69. The lowest BCUT2D eigenvalue weighted by Gasteiger charge is -2.41. The van der Waals surface area contributed by atoms with Gasteiger partial charge in [-0.3, -0.25) is 4.90 Å². The molecule has 3 aliphatic rings. The summed E-state index contributed by atoms with van der Waals surface area (Å²) in [6.45, 7) is 3.33. The number of nitrogens with zero attached hydrogens (tertiary/aromatic N) is 1. The molecule has 2 aliphatic carbocycles. The highest BCUT2D eigenvalue weighted by molar-refractivity contribution is 5.27. The molecule has 1 saturated heterocycles. The van der Waals surface area contributed by atoms with E-state index < -0.39 is 0 Å². The minimum atomic E-state index is 0.388. The van der Waals surface area contributed by atoms with Crippen molar-refractivity contribution >= 4 is 0 Å². The quantitative estimate of drug-likeness (QED) is 0.883. The van der Waals surface area contributed by atoms with Gasteiger partial charge in [-0.15, -0.1) is 0 Å². The van der Waals surface area contributed by atoms with Crippen molar-refractivity contribution in [1.29, 1.82) is 0 Å². The van der Waals surface area contributed by atoms with Crippen LogP contribution in [-0.2, 0) is 6.54 Å². The minimum absolute atomic E-state index is 0.388. The van der Waals surface area contributed by atoms with Gasteiger partial charge in [0, 0.05) is 31.7 Å². The Hall–Kier alpha value is -1.06. The van der Waals surface area contributed by atoms with E-state index in [-0.39, 0.29) is 0 Å². The zero-order chi connectivity index (χ0) is 13.5. The molecule has 1 heterocycles. The molecule has 1 aromatic rings. The molecule has 2 atom stereocenters. The topological polar surface area (TPSA) is 35.5 Å². The number of hydrogen-bond acceptors (Lipinski definition) is 3. The number of piperazine rings is 1. The SMILES string of the molecule is Oc1cccc(CN2CC(C3CC3)NCC2C2CC2)c1. The molecular weight excluding hydrogens is 248 g/mol. The first-order valence-corrected chi connectivity index (χ1v) is 8.05. The summed E-state index contributed by atoms with van der Waals surface area (Å²) in [5.74, 6) is 2.21. The third kappa shape index (κ3) is 2.70. The van der Waals surface area contributed by atoms with Gasteiger partial charge in [0.2, 0.25) is 0 Å². The first-order chi connectivity index (χ1) is 9.79. The van der Waals surface area contributed by atoms with Gasteiger partial charge >= 0.3 is 0 Å². The molecule has 0 radical (unpaired) electrons. The van der Waals surface area contributed by atoms with E-state index in [9.17, 15) is 5.11 Å². The van der Waals surface area contributed by atoms with Gasteiger partial charge < -0.3 is 10.4 Å². The maximum atomic E-state index is 9.65. The van der Waals surface area contributed by atoms with Crippen LogP contribution in [0.15, 0.2) is 24.3 Å². The van der Waals surface area contributed by atoms with Crippen LogP contribution >= 0.6 is 0 Å². The van der Waals surface area contributed by atoms with Gasteiger partial charge in [0.25, 0.3) is 0 Å². The predicted octanol–water partition coefficient (Wildman–Crippen LogP) is 2.35. The summed E-state index contributed by atoms with van der Waals surface area (Å²) in [4.78, 5) is 2.67. The number of hydrogen-bond donors (Lipinski definition) is 2. The lowest BCUT2D eigenvalue weighted by Crippen LogP contribution is -2.57. The molecule has 108 valence electrons. The zero-order valence-electron chi connectivity index (χ0n) is 12.0. The summed E-state index contributed by atoms with van der Waals surface area (Å²) < 4.78 is 0. The van der Waals surface area contributed by atoms with Gasteiger partial charge in [-0.25, -0.2) is 0 Å². The van der Waals surface area contributed by atoms with Crippen molar-refractivity contribution < 1.29 is 5.11 Å². The van der Waals surface area contributed by atoms with E-state index in [0.717, 1.165) is 24.9 Å². The lowest BCUT2D eigenvalue weighted by atomic mass is 10.0.